The second-order valence-corrected chi connectivity index (χ2v) is 7.88. The van der Waals surface area contributed by atoms with Crippen LogP contribution in [0.4, 0.5) is 0 Å². The van der Waals surface area contributed by atoms with Gasteiger partial charge in [0.1, 0.15) is 0 Å². The summed E-state index contributed by atoms with van der Waals surface area (Å²) in [6.45, 7) is 8.80. The van der Waals surface area contributed by atoms with Crippen LogP contribution in [0.15, 0.2) is 0 Å². The highest BCUT2D eigenvalue weighted by Crippen LogP contribution is 2.18. The van der Waals surface area contributed by atoms with Gasteiger partial charge < -0.3 is 10.2 Å². The molecule has 0 aromatic rings. The van der Waals surface area contributed by atoms with E-state index in [-0.39, 0.29) is 0 Å². The Balaban J connectivity index is 1.74. The molecule has 2 rings (SSSR count). The molecule has 2 aliphatic rings. The Morgan fingerprint density at radius 2 is 1.90 bits per heavy atom. The number of piperidine rings is 1. The number of nitrogens with zero attached hydrogens (tertiary/aromatic N) is 2. The smallest absolute Gasteiger partial charge is 0.279 e. The molecule has 2 saturated heterocycles. The molecule has 1 unspecified atom stereocenters. The molecule has 7 heteroatoms. The Labute approximate surface area is 129 Å². The third-order valence-electron chi connectivity index (χ3n) is 4.42. The Hall–Kier alpha value is -0.210. The molecule has 0 spiro atoms. The number of nitrogens with one attached hydrogen (secondary N) is 2. The zero-order valence-electron chi connectivity index (χ0n) is 13.2. The van der Waals surface area contributed by atoms with E-state index in [1.165, 1.54) is 12.8 Å². The maximum atomic E-state index is 12.4. The van der Waals surface area contributed by atoms with Crippen molar-refractivity contribution in [2.45, 2.75) is 32.6 Å². The van der Waals surface area contributed by atoms with E-state index in [1.54, 1.807) is 4.31 Å². The average Bonchev–Trinajstić information content (AvgIpc) is 2.98. The summed E-state index contributed by atoms with van der Waals surface area (Å²) >= 11 is 0. The molecule has 1 atom stereocenters. The monoisotopic (exact) mass is 318 g/mol. The maximum absolute atomic E-state index is 12.4. The van der Waals surface area contributed by atoms with E-state index in [4.69, 9.17) is 0 Å². The lowest BCUT2D eigenvalue weighted by molar-refractivity contribution is 0.257. The van der Waals surface area contributed by atoms with Crippen LogP contribution in [0.25, 0.3) is 0 Å². The highest BCUT2D eigenvalue weighted by atomic mass is 32.2. The lowest BCUT2D eigenvalue weighted by Gasteiger charge is -2.32. The van der Waals surface area contributed by atoms with Crippen LogP contribution in [0.5, 0.6) is 0 Å². The van der Waals surface area contributed by atoms with Gasteiger partial charge in [-0.3, -0.25) is 0 Å². The Morgan fingerprint density at radius 3 is 2.62 bits per heavy atom. The van der Waals surface area contributed by atoms with Crippen LogP contribution in [0.1, 0.15) is 32.6 Å². The summed E-state index contributed by atoms with van der Waals surface area (Å²) in [4.78, 5) is 2.33. The molecule has 21 heavy (non-hydrogen) atoms. The lowest BCUT2D eigenvalue weighted by atomic mass is 10.00. The van der Waals surface area contributed by atoms with Crippen molar-refractivity contribution in [1.82, 2.24) is 19.2 Å². The fourth-order valence-corrected chi connectivity index (χ4v) is 4.50. The van der Waals surface area contributed by atoms with Crippen LogP contribution in [0.2, 0.25) is 0 Å². The SMILES string of the molecule is CCNCC1CCCN(S(=O)(=O)NCCN2CCCC2)C1. The molecule has 0 aromatic heterocycles. The molecular weight excluding hydrogens is 288 g/mol. The number of hydrogen-bond donors (Lipinski definition) is 2. The standard InChI is InChI=1S/C14H30N4O2S/c1-2-15-12-14-6-5-10-18(13-14)21(19,20)16-7-11-17-8-3-4-9-17/h14-16H,2-13H2,1H3. The second kappa shape index (κ2) is 8.43. The van der Waals surface area contributed by atoms with Gasteiger partial charge in [-0.25, -0.2) is 4.72 Å². The fourth-order valence-electron chi connectivity index (χ4n) is 3.19. The van der Waals surface area contributed by atoms with Crippen molar-refractivity contribution in [1.29, 1.82) is 0 Å². The first-order valence-corrected chi connectivity index (χ1v) is 9.73. The van der Waals surface area contributed by atoms with E-state index < -0.39 is 10.2 Å². The van der Waals surface area contributed by atoms with Crippen molar-refractivity contribution >= 4 is 10.2 Å². The number of rotatable bonds is 8. The normalized spacial score (nSPS) is 25.5. The van der Waals surface area contributed by atoms with Gasteiger partial charge in [-0.15, -0.1) is 0 Å². The topological polar surface area (TPSA) is 64.7 Å². The van der Waals surface area contributed by atoms with Gasteiger partial charge in [0.25, 0.3) is 10.2 Å². The van der Waals surface area contributed by atoms with Crippen molar-refractivity contribution in [3.05, 3.63) is 0 Å². The summed E-state index contributed by atoms with van der Waals surface area (Å²) in [7, 11) is -3.30. The summed E-state index contributed by atoms with van der Waals surface area (Å²) in [5.74, 6) is 0.439. The first kappa shape index (κ1) is 17.1. The van der Waals surface area contributed by atoms with Gasteiger partial charge in [0, 0.05) is 26.2 Å². The van der Waals surface area contributed by atoms with Crippen LogP contribution in [0, 0.1) is 5.92 Å². The molecule has 0 aromatic carbocycles. The minimum atomic E-state index is -3.30. The van der Waals surface area contributed by atoms with Gasteiger partial charge in [0.2, 0.25) is 0 Å². The molecule has 0 bridgehead atoms. The highest BCUT2D eigenvalue weighted by Gasteiger charge is 2.28. The first-order chi connectivity index (χ1) is 10.1. The van der Waals surface area contributed by atoms with Crippen molar-refractivity contribution in [3.63, 3.8) is 0 Å². The Kier molecular flexibility index (Phi) is 6.88. The van der Waals surface area contributed by atoms with E-state index in [0.717, 1.165) is 45.6 Å². The summed E-state index contributed by atoms with van der Waals surface area (Å²) in [5.41, 5.74) is 0. The number of hydrogen-bond acceptors (Lipinski definition) is 4. The van der Waals surface area contributed by atoms with Gasteiger partial charge in [0.05, 0.1) is 0 Å². The molecule has 2 fully saturated rings. The van der Waals surface area contributed by atoms with Crippen molar-refractivity contribution < 1.29 is 8.42 Å². The van der Waals surface area contributed by atoms with E-state index in [0.29, 0.717) is 25.6 Å². The summed E-state index contributed by atoms with van der Waals surface area (Å²) in [5, 5.41) is 3.32. The molecule has 0 saturated carbocycles. The van der Waals surface area contributed by atoms with Crippen LogP contribution in [-0.4, -0.2) is 70.0 Å². The van der Waals surface area contributed by atoms with Crippen LogP contribution in [0.3, 0.4) is 0 Å². The molecule has 6 nitrogen and oxygen atoms in total. The molecule has 2 N–H and O–H groups in total. The largest absolute Gasteiger partial charge is 0.317 e. The molecule has 2 aliphatic heterocycles. The maximum Gasteiger partial charge on any atom is 0.279 e. The van der Waals surface area contributed by atoms with Gasteiger partial charge in [-0.2, -0.15) is 12.7 Å². The lowest BCUT2D eigenvalue weighted by Crippen LogP contribution is -2.48. The third-order valence-corrected chi connectivity index (χ3v) is 6.00. The average molecular weight is 318 g/mol. The Morgan fingerprint density at radius 1 is 1.14 bits per heavy atom. The van der Waals surface area contributed by atoms with Gasteiger partial charge >= 0.3 is 0 Å². The molecule has 2 heterocycles. The van der Waals surface area contributed by atoms with Crippen LogP contribution >= 0.6 is 0 Å². The highest BCUT2D eigenvalue weighted by molar-refractivity contribution is 7.87. The van der Waals surface area contributed by atoms with Crippen molar-refractivity contribution in [2.24, 2.45) is 5.92 Å². The summed E-state index contributed by atoms with van der Waals surface area (Å²) < 4.78 is 29.1. The summed E-state index contributed by atoms with van der Waals surface area (Å²) in [6, 6.07) is 0. The molecule has 0 aliphatic carbocycles. The third kappa shape index (κ3) is 5.49. The predicted octanol–water partition coefficient (Wildman–Crippen LogP) is 0.238. The van der Waals surface area contributed by atoms with Gasteiger partial charge in [-0.05, 0) is 57.8 Å². The fraction of sp³-hybridized carbons (Fsp3) is 1.00. The van der Waals surface area contributed by atoms with Crippen molar-refractivity contribution in [2.75, 3.05) is 52.4 Å². The quantitative estimate of drug-likeness (QED) is 0.673. The van der Waals surface area contributed by atoms with Crippen molar-refractivity contribution in [3.8, 4) is 0 Å². The molecule has 0 amide bonds. The minimum absolute atomic E-state index is 0.439. The van der Waals surface area contributed by atoms with Gasteiger partial charge in [0.15, 0.2) is 0 Å². The minimum Gasteiger partial charge on any atom is -0.317 e. The molecular formula is C14H30N4O2S. The Bertz CT molecular complexity index is 396. The van der Waals surface area contributed by atoms with E-state index in [1.807, 2.05) is 0 Å². The first-order valence-electron chi connectivity index (χ1n) is 8.29. The zero-order valence-corrected chi connectivity index (χ0v) is 14.0. The van der Waals surface area contributed by atoms with E-state index in [9.17, 15) is 8.42 Å². The zero-order chi connectivity index (χ0) is 15.1. The summed E-state index contributed by atoms with van der Waals surface area (Å²) in [6.07, 6.45) is 4.56. The number of likely N-dealkylation sites (tertiary alicyclic amines) is 1. The van der Waals surface area contributed by atoms with E-state index >= 15 is 0 Å². The predicted molar refractivity (Wildman–Crippen MR) is 85.4 cm³/mol. The second-order valence-electron chi connectivity index (χ2n) is 6.12. The van der Waals surface area contributed by atoms with Gasteiger partial charge in [-0.1, -0.05) is 6.92 Å². The molecule has 124 valence electrons. The molecule has 0 radical (unpaired) electrons. The van der Waals surface area contributed by atoms with Crippen LogP contribution < -0.4 is 10.0 Å². The van der Waals surface area contributed by atoms with E-state index in [2.05, 4.69) is 21.9 Å². The van der Waals surface area contributed by atoms with Crippen LogP contribution in [-0.2, 0) is 10.2 Å².